The summed E-state index contributed by atoms with van der Waals surface area (Å²) in [7, 11) is 0. The highest BCUT2D eigenvalue weighted by atomic mass is 16.5. The Labute approximate surface area is 71.0 Å². The quantitative estimate of drug-likeness (QED) is 0.691. The van der Waals surface area contributed by atoms with E-state index >= 15 is 0 Å². The van der Waals surface area contributed by atoms with Gasteiger partial charge in [-0.05, 0) is 13.0 Å². The zero-order chi connectivity index (χ0) is 8.81. The van der Waals surface area contributed by atoms with E-state index in [1.807, 2.05) is 19.1 Å². The van der Waals surface area contributed by atoms with Crippen LogP contribution in [0.4, 0.5) is 0 Å². The van der Waals surface area contributed by atoms with Gasteiger partial charge in [-0.25, -0.2) is 0 Å². The van der Waals surface area contributed by atoms with Gasteiger partial charge in [-0.2, -0.15) is 0 Å². The number of hydrogen-bond acceptors (Lipinski definition) is 3. The molecule has 0 aliphatic rings. The summed E-state index contributed by atoms with van der Waals surface area (Å²) in [6.45, 7) is 1.90. The molecule has 0 amide bonds. The third-order valence-corrected chi connectivity index (χ3v) is 1.27. The second-order valence-electron chi connectivity index (χ2n) is 2.33. The van der Waals surface area contributed by atoms with Crippen LogP contribution in [0.2, 0.25) is 0 Å². The van der Waals surface area contributed by atoms with Gasteiger partial charge in [0.15, 0.2) is 0 Å². The second kappa shape index (κ2) is 4.51. The molecule has 1 aromatic heterocycles. The van der Waals surface area contributed by atoms with Crippen molar-refractivity contribution in [2.75, 3.05) is 6.61 Å². The van der Waals surface area contributed by atoms with Gasteiger partial charge in [0.2, 0.25) is 0 Å². The highest BCUT2D eigenvalue weighted by Gasteiger charge is 1.92. The largest absolute Gasteiger partial charge is 0.392 e. The van der Waals surface area contributed by atoms with E-state index in [1.165, 1.54) is 0 Å². The van der Waals surface area contributed by atoms with Gasteiger partial charge in [-0.1, -0.05) is 23.4 Å². The van der Waals surface area contributed by atoms with Crippen LogP contribution in [0.5, 0.6) is 0 Å². The Hall–Kier alpha value is -1.35. The lowest BCUT2D eigenvalue weighted by Crippen LogP contribution is -1.69. The van der Waals surface area contributed by atoms with Crippen molar-refractivity contribution < 1.29 is 9.63 Å². The lowest BCUT2D eigenvalue weighted by molar-refractivity contribution is 0.343. The first-order chi connectivity index (χ1) is 5.83. The van der Waals surface area contributed by atoms with Crippen molar-refractivity contribution in [2.24, 2.45) is 0 Å². The third-order valence-electron chi connectivity index (χ3n) is 1.27. The summed E-state index contributed by atoms with van der Waals surface area (Å²) in [4.78, 5) is 0. The van der Waals surface area contributed by atoms with Crippen LogP contribution >= 0.6 is 0 Å². The molecular weight excluding hydrogens is 154 g/mol. The molecule has 0 aliphatic carbocycles. The number of nitrogens with zero attached hydrogens (tertiary/aromatic N) is 1. The van der Waals surface area contributed by atoms with Crippen LogP contribution in [-0.2, 0) is 0 Å². The molecule has 12 heavy (non-hydrogen) atoms. The monoisotopic (exact) mass is 165 g/mol. The molecular formula is C9H11NO2. The van der Waals surface area contributed by atoms with E-state index < -0.39 is 0 Å². The van der Waals surface area contributed by atoms with Crippen LogP contribution < -0.4 is 0 Å². The first kappa shape index (κ1) is 8.74. The summed E-state index contributed by atoms with van der Waals surface area (Å²) in [5, 5.41) is 12.2. The van der Waals surface area contributed by atoms with Gasteiger partial charge in [-0.15, -0.1) is 0 Å². The Morgan fingerprint density at radius 3 is 3.00 bits per heavy atom. The van der Waals surface area contributed by atoms with E-state index in [0.29, 0.717) is 0 Å². The molecule has 1 rings (SSSR count). The fourth-order valence-corrected chi connectivity index (χ4v) is 0.758. The van der Waals surface area contributed by atoms with Crippen molar-refractivity contribution in [3.63, 3.8) is 0 Å². The van der Waals surface area contributed by atoms with Crippen LogP contribution in [0, 0.1) is 6.92 Å². The molecule has 0 saturated carbocycles. The summed E-state index contributed by atoms with van der Waals surface area (Å²) >= 11 is 0. The minimum Gasteiger partial charge on any atom is -0.392 e. The third kappa shape index (κ3) is 2.72. The van der Waals surface area contributed by atoms with E-state index in [2.05, 4.69) is 5.16 Å². The van der Waals surface area contributed by atoms with Gasteiger partial charge >= 0.3 is 0 Å². The number of aryl methyl sites for hydroxylation is 1. The summed E-state index contributed by atoms with van der Waals surface area (Å²) < 4.78 is 4.85. The van der Waals surface area contributed by atoms with Crippen molar-refractivity contribution in [3.05, 3.63) is 35.7 Å². The molecule has 64 valence electrons. The molecule has 0 spiro atoms. The molecule has 1 heterocycles. The van der Waals surface area contributed by atoms with Crippen LogP contribution in [0.1, 0.15) is 11.5 Å². The van der Waals surface area contributed by atoms with Gasteiger partial charge in [0.25, 0.3) is 0 Å². The molecule has 0 aliphatic heterocycles. The Kier molecular flexibility index (Phi) is 3.29. The van der Waals surface area contributed by atoms with Crippen LogP contribution in [0.25, 0.3) is 6.08 Å². The van der Waals surface area contributed by atoms with Crippen LogP contribution in [-0.4, -0.2) is 16.9 Å². The minimum absolute atomic E-state index is 0.0577. The molecule has 0 fully saturated rings. The zero-order valence-corrected chi connectivity index (χ0v) is 6.90. The highest BCUT2D eigenvalue weighted by Crippen LogP contribution is 2.02. The highest BCUT2D eigenvalue weighted by molar-refractivity contribution is 5.46. The molecule has 1 N–H and O–H groups in total. The molecule has 0 unspecified atom stereocenters. The molecule has 0 atom stereocenters. The number of hydrogen-bond donors (Lipinski definition) is 1. The minimum atomic E-state index is 0.0577. The number of aliphatic hydroxyl groups is 1. The smallest absolute Gasteiger partial charge is 0.134 e. The van der Waals surface area contributed by atoms with E-state index in [9.17, 15) is 0 Å². The number of aliphatic hydroxyl groups excluding tert-OH is 1. The Morgan fingerprint density at radius 2 is 2.42 bits per heavy atom. The summed E-state index contributed by atoms with van der Waals surface area (Å²) in [5.74, 6) is 0.792. The standard InChI is InChI=1S/C9H11NO2/c1-8-7-9(10-12-8)5-3-2-4-6-11/h2-5,7,11H,6H2,1H3. The predicted octanol–water partition coefficient (Wildman–Crippen LogP) is 1.54. The van der Waals surface area contributed by atoms with Gasteiger partial charge in [0.1, 0.15) is 11.5 Å². The number of allylic oxidation sites excluding steroid dienone is 2. The number of aromatic nitrogens is 1. The lowest BCUT2D eigenvalue weighted by Gasteiger charge is -1.76. The molecule has 0 radical (unpaired) electrons. The first-order valence-corrected chi connectivity index (χ1v) is 3.70. The molecule has 3 heteroatoms. The maximum Gasteiger partial charge on any atom is 0.134 e. The van der Waals surface area contributed by atoms with Crippen molar-refractivity contribution in [1.82, 2.24) is 5.16 Å². The predicted molar refractivity (Wildman–Crippen MR) is 46.5 cm³/mol. The van der Waals surface area contributed by atoms with E-state index in [0.717, 1.165) is 11.5 Å². The first-order valence-electron chi connectivity index (χ1n) is 3.70. The fraction of sp³-hybridized carbons (Fsp3) is 0.222. The van der Waals surface area contributed by atoms with Gasteiger partial charge in [-0.3, -0.25) is 0 Å². The molecule has 0 bridgehead atoms. The van der Waals surface area contributed by atoms with Crippen molar-refractivity contribution >= 4 is 6.08 Å². The average Bonchev–Trinajstić information content (AvgIpc) is 2.45. The summed E-state index contributed by atoms with van der Waals surface area (Å²) in [6, 6.07) is 1.84. The average molecular weight is 165 g/mol. The van der Waals surface area contributed by atoms with Crippen molar-refractivity contribution in [3.8, 4) is 0 Å². The Bertz CT molecular complexity index is 286. The lowest BCUT2D eigenvalue weighted by atomic mass is 10.3. The van der Waals surface area contributed by atoms with Crippen molar-refractivity contribution in [1.29, 1.82) is 0 Å². The van der Waals surface area contributed by atoms with Crippen molar-refractivity contribution in [2.45, 2.75) is 6.92 Å². The van der Waals surface area contributed by atoms with Crippen LogP contribution in [0.3, 0.4) is 0 Å². The van der Waals surface area contributed by atoms with Gasteiger partial charge in [0.05, 0.1) is 6.61 Å². The Morgan fingerprint density at radius 1 is 1.58 bits per heavy atom. The molecule has 1 aromatic rings. The van der Waals surface area contributed by atoms with Gasteiger partial charge < -0.3 is 9.63 Å². The fourth-order valence-electron chi connectivity index (χ4n) is 0.758. The second-order valence-corrected chi connectivity index (χ2v) is 2.33. The topological polar surface area (TPSA) is 46.3 Å². The Balaban J connectivity index is 2.51. The normalized spacial score (nSPS) is 11.8. The van der Waals surface area contributed by atoms with E-state index in [1.54, 1.807) is 18.2 Å². The molecule has 0 aromatic carbocycles. The summed E-state index contributed by atoms with van der Waals surface area (Å²) in [6.07, 6.45) is 7.00. The van der Waals surface area contributed by atoms with E-state index in [-0.39, 0.29) is 6.61 Å². The maximum atomic E-state index is 8.41. The molecule has 3 nitrogen and oxygen atoms in total. The SMILES string of the molecule is Cc1cc(C=CC=CCO)no1. The van der Waals surface area contributed by atoms with E-state index in [4.69, 9.17) is 9.63 Å². The molecule has 0 saturated heterocycles. The maximum absolute atomic E-state index is 8.41. The number of rotatable bonds is 3. The van der Waals surface area contributed by atoms with Crippen LogP contribution in [0.15, 0.2) is 28.8 Å². The summed E-state index contributed by atoms with van der Waals surface area (Å²) in [5.41, 5.74) is 0.787. The zero-order valence-electron chi connectivity index (χ0n) is 6.90. The van der Waals surface area contributed by atoms with Gasteiger partial charge in [0, 0.05) is 6.07 Å².